The van der Waals surface area contributed by atoms with Crippen molar-refractivity contribution in [2.75, 3.05) is 0 Å². The van der Waals surface area contributed by atoms with Crippen LogP contribution in [0.4, 0.5) is 0 Å². The maximum absolute atomic E-state index is 12.4. The third-order valence-corrected chi connectivity index (χ3v) is 3.14. The van der Waals surface area contributed by atoms with Crippen LogP contribution in [0.2, 0.25) is 0 Å². The van der Waals surface area contributed by atoms with Gasteiger partial charge in [0.1, 0.15) is 12.1 Å². The molecule has 6 heteroatoms. The summed E-state index contributed by atoms with van der Waals surface area (Å²) in [6.07, 6.45) is 0.421. The molecule has 0 aliphatic carbocycles. The number of carbonyl (C=O) groups is 3. The van der Waals surface area contributed by atoms with Gasteiger partial charge in [0.05, 0.1) is 0 Å². The molecule has 23 heavy (non-hydrogen) atoms. The molecule has 0 aliphatic rings. The minimum Gasteiger partial charge on any atom is -0.480 e. The van der Waals surface area contributed by atoms with Gasteiger partial charge in [0.25, 0.3) is 0 Å². The van der Waals surface area contributed by atoms with Gasteiger partial charge in [0.15, 0.2) is 0 Å². The van der Waals surface area contributed by atoms with Crippen molar-refractivity contribution in [1.29, 1.82) is 0 Å². The van der Waals surface area contributed by atoms with E-state index in [-0.39, 0.29) is 18.7 Å². The fourth-order valence-electron chi connectivity index (χ4n) is 2.13. The molecule has 0 aliphatic heterocycles. The van der Waals surface area contributed by atoms with Gasteiger partial charge in [0, 0.05) is 13.3 Å². The van der Waals surface area contributed by atoms with Crippen molar-refractivity contribution >= 4 is 17.8 Å². The fraction of sp³-hybridized carbons (Fsp3) is 0.353. The Bertz CT molecular complexity index is 584. The maximum Gasteiger partial charge on any atom is 0.326 e. The van der Waals surface area contributed by atoms with E-state index in [0.29, 0.717) is 5.57 Å². The van der Waals surface area contributed by atoms with Gasteiger partial charge in [-0.2, -0.15) is 0 Å². The summed E-state index contributed by atoms with van der Waals surface area (Å²) >= 11 is 0. The van der Waals surface area contributed by atoms with Crippen molar-refractivity contribution in [3.8, 4) is 0 Å². The van der Waals surface area contributed by atoms with Crippen LogP contribution >= 0.6 is 0 Å². The van der Waals surface area contributed by atoms with E-state index < -0.39 is 24.0 Å². The summed E-state index contributed by atoms with van der Waals surface area (Å²) in [4.78, 5) is 34.9. The predicted molar refractivity (Wildman–Crippen MR) is 86.7 cm³/mol. The first kappa shape index (κ1) is 18.4. The topological polar surface area (TPSA) is 95.5 Å². The molecule has 0 aromatic heterocycles. The predicted octanol–water partition coefficient (Wildman–Crippen LogP) is 1.27. The maximum atomic E-state index is 12.4. The minimum atomic E-state index is -1.14. The van der Waals surface area contributed by atoms with Gasteiger partial charge < -0.3 is 15.7 Å². The first-order valence-electron chi connectivity index (χ1n) is 7.28. The van der Waals surface area contributed by atoms with E-state index in [2.05, 4.69) is 17.2 Å². The summed E-state index contributed by atoms with van der Waals surface area (Å²) in [7, 11) is 0. The highest BCUT2D eigenvalue weighted by molar-refractivity contribution is 5.90. The molecule has 6 nitrogen and oxygen atoms in total. The zero-order valence-corrected chi connectivity index (χ0v) is 13.3. The summed E-state index contributed by atoms with van der Waals surface area (Å²) in [5, 5.41) is 14.2. The van der Waals surface area contributed by atoms with E-state index >= 15 is 0 Å². The van der Waals surface area contributed by atoms with E-state index in [4.69, 9.17) is 0 Å². The summed E-state index contributed by atoms with van der Waals surface area (Å²) in [6.45, 7) is 6.67. The first-order valence-corrected chi connectivity index (χ1v) is 7.28. The lowest BCUT2D eigenvalue weighted by atomic mass is 10.0. The number of carboxylic acids is 1. The Hall–Kier alpha value is -2.63. The largest absolute Gasteiger partial charge is 0.480 e. The molecule has 0 heterocycles. The molecule has 1 aromatic rings. The van der Waals surface area contributed by atoms with Crippen LogP contribution in [0.15, 0.2) is 42.5 Å². The van der Waals surface area contributed by atoms with Crippen molar-refractivity contribution in [2.45, 2.75) is 38.8 Å². The average molecular weight is 318 g/mol. The number of carboxylic acid groups (broad SMARTS) is 1. The second kappa shape index (κ2) is 8.73. The Morgan fingerprint density at radius 3 is 2.17 bits per heavy atom. The lowest BCUT2D eigenvalue weighted by Crippen LogP contribution is -2.52. The minimum absolute atomic E-state index is 0.138. The number of rotatable bonds is 8. The Labute approximate surface area is 135 Å². The van der Waals surface area contributed by atoms with Gasteiger partial charge in [-0.25, -0.2) is 4.79 Å². The molecular weight excluding hydrogens is 296 g/mol. The van der Waals surface area contributed by atoms with Crippen LogP contribution < -0.4 is 10.6 Å². The molecule has 2 amide bonds. The Morgan fingerprint density at radius 1 is 1.09 bits per heavy atom. The van der Waals surface area contributed by atoms with Crippen LogP contribution in [-0.2, 0) is 20.8 Å². The number of nitrogens with one attached hydrogen (secondary N) is 2. The van der Waals surface area contributed by atoms with Gasteiger partial charge in [-0.05, 0) is 18.9 Å². The molecular formula is C17H22N2O4. The van der Waals surface area contributed by atoms with Crippen molar-refractivity contribution in [1.82, 2.24) is 10.6 Å². The van der Waals surface area contributed by atoms with Crippen LogP contribution in [0.3, 0.4) is 0 Å². The molecule has 0 unspecified atom stereocenters. The quantitative estimate of drug-likeness (QED) is 0.629. The molecule has 0 bridgehead atoms. The molecule has 0 saturated heterocycles. The average Bonchev–Trinajstić information content (AvgIpc) is 2.45. The van der Waals surface area contributed by atoms with E-state index in [1.807, 2.05) is 30.3 Å². The van der Waals surface area contributed by atoms with Crippen molar-refractivity contribution in [3.63, 3.8) is 0 Å². The molecule has 0 spiro atoms. The fourth-order valence-corrected chi connectivity index (χ4v) is 2.13. The number of carbonyl (C=O) groups excluding carboxylic acids is 2. The monoisotopic (exact) mass is 318 g/mol. The number of hydrogen-bond donors (Lipinski definition) is 3. The number of aliphatic carboxylic acids is 1. The third-order valence-electron chi connectivity index (χ3n) is 3.14. The Morgan fingerprint density at radius 2 is 1.70 bits per heavy atom. The molecule has 1 aromatic carbocycles. The first-order chi connectivity index (χ1) is 10.8. The van der Waals surface area contributed by atoms with E-state index in [1.54, 1.807) is 6.92 Å². The van der Waals surface area contributed by atoms with Gasteiger partial charge in [-0.15, -0.1) is 6.58 Å². The highest BCUT2D eigenvalue weighted by Gasteiger charge is 2.26. The number of amides is 2. The van der Waals surface area contributed by atoms with Gasteiger partial charge in [0.2, 0.25) is 11.8 Å². The van der Waals surface area contributed by atoms with Crippen LogP contribution in [0.1, 0.15) is 25.8 Å². The van der Waals surface area contributed by atoms with Crippen molar-refractivity contribution in [2.24, 2.45) is 0 Å². The number of benzene rings is 1. The lowest BCUT2D eigenvalue weighted by molar-refractivity contribution is -0.142. The lowest BCUT2D eigenvalue weighted by Gasteiger charge is -2.21. The molecule has 0 fully saturated rings. The second-order valence-corrected chi connectivity index (χ2v) is 5.50. The normalized spacial score (nSPS) is 12.8. The molecule has 0 saturated carbocycles. The van der Waals surface area contributed by atoms with Crippen molar-refractivity contribution in [3.05, 3.63) is 48.0 Å². The molecule has 1 rings (SSSR count). The SMILES string of the molecule is C=C(C)C[C@@H](NC(=O)[C@@H](Cc1ccccc1)NC(C)=O)C(=O)O. The van der Waals surface area contributed by atoms with E-state index in [0.717, 1.165) is 5.56 Å². The third kappa shape index (κ3) is 6.78. The van der Waals surface area contributed by atoms with Crippen LogP contribution in [0.5, 0.6) is 0 Å². The van der Waals surface area contributed by atoms with Gasteiger partial charge in [-0.1, -0.05) is 35.9 Å². The van der Waals surface area contributed by atoms with Gasteiger partial charge >= 0.3 is 5.97 Å². The zero-order valence-electron chi connectivity index (χ0n) is 13.3. The Balaban J connectivity index is 2.83. The zero-order chi connectivity index (χ0) is 17.4. The second-order valence-electron chi connectivity index (χ2n) is 5.50. The highest BCUT2D eigenvalue weighted by Crippen LogP contribution is 2.06. The molecule has 2 atom stereocenters. The van der Waals surface area contributed by atoms with Crippen LogP contribution in [-0.4, -0.2) is 35.0 Å². The van der Waals surface area contributed by atoms with E-state index in [1.165, 1.54) is 6.92 Å². The molecule has 3 N–H and O–H groups in total. The standard InChI is InChI=1S/C17H22N2O4/c1-11(2)9-15(17(22)23)19-16(21)14(18-12(3)20)10-13-7-5-4-6-8-13/h4-8,14-15H,1,9-10H2,2-3H3,(H,18,20)(H,19,21)(H,22,23)/t14-,15-/m1/s1. The summed E-state index contributed by atoms with van der Waals surface area (Å²) in [6, 6.07) is 7.30. The highest BCUT2D eigenvalue weighted by atomic mass is 16.4. The summed E-state index contributed by atoms with van der Waals surface area (Å²) in [5.74, 6) is -2.02. The smallest absolute Gasteiger partial charge is 0.326 e. The Kier molecular flexibility index (Phi) is 6.99. The number of hydrogen-bond acceptors (Lipinski definition) is 3. The molecule has 124 valence electrons. The van der Waals surface area contributed by atoms with E-state index in [9.17, 15) is 19.5 Å². The van der Waals surface area contributed by atoms with Crippen molar-refractivity contribution < 1.29 is 19.5 Å². The molecule has 0 radical (unpaired) electrons. The summed E-state index contributed by atoms with van der Waals surface area (Å²) < 4.78 is 0. The van der Waals surface area contributed by atoms with Gasteiger partial charge in [-0.3, -0.25) is 9.59 Å². The van der Waals surface area contributed by atoms with Crippen LogP contribution in [0.25, 0.3) is 0 Å². The summed E-state index contributed by atoms with van der Waals surface area (Å²) in [5.41, 5.74) is 1.52. The van der Waals surface area contributed by atoms with Crippen LogP contribution in [0, 0.1) is 0 Å².